The molecular weight excluding hydrogens is 370 g/mol. The molecule has 0 heterocycles. The highest BCUT2D eigenvalue weighted by molar-refractivity contribution is 7.89. The Balaban J connectivity index is 2.04. The molecule has 0 spiro atoms. The van der Waals surface area contributed by atoms with Crippen LogP contribution in [0.15, 0.2) is 65.1 Å². The second-order valence-electron chi connectivity index (χ2n) is 6.36. The van der Waals surface area contributed by atoms with Crippen LogP contribution in [0, 0.1) is 6.92 Å². The summed E-state index contributed by atoms with van der Waals surface area (Å²) in [5.74, 6) is -0.0484. The van der Waals surface area contributed by atoms with Crippen LogP contribution in [0.3, 0.4) is 0 Å². The Kier molecular flexibility index (Phi) is 5.61. The summed E-state index contributed by atoms with van der Waals surface area (Å²) in [5.41, 5.74) is 2.00. The van der Waals surface area contributed by atoms with Crippen molar-refractivity contribution in [2.75, 3.05) is 0 Å². The third kappa shape index (κ3) is 4.06. The Morgan fingerprint density at radius 2 is 1.77 bits per heavy atom. The quantitative estimate of drug-likeness (QED) is 0.826. The van der Waals surface area contributed by atoms with Crippen LogP contribution in [0.2, 0.25) is 5.02 Å². The summed E-state index contributed by atoms with van der Waals surface area (Å²) in [6.07, 6.45) is 3.76. The molecule has 1 aliphatic carbocycles. The van der Waals surface area contributed by atoms with Gasteiger partial charge in [-0.15, -0.1) is 0 Å². The van der Waals surface area contributed by atoms with Gasteiger partial charge in [0.1, 0.15) is 0 Å². The van der Waals surface area contributed by atoms with Crippen LogP contribution >= 0.6 is 11.6 Å². The number of Topliss-reactive ketones (excluding diaryl/α,β-unsaturated/α-hetero) is 1. The van der Waals surface area contributed by atoms with Crippen LogP contribution in [0.1, 0.15) is 36.4 Å². The molecule has 0 fully saturated rings. The highest BCUT2D eigenvalue weighted by Gasteiger charge is 2.30. The number of halogens is 1. The number of ketones is 1. The summed E-state index contributed by atoms with van der Waals surface area (Å²) in [4.78, 5) is 12.6. The van der Waals surface area contributed by atoms with E-state index in [-0.39, 0.29) is 10.7 Å². The Labute approximate surface area is 158 Å². The lowest BCUT2D eigenvalue weighted by Gasteiger charge is -2.24. The molecule has 1 unspecified atom stereocenters. The first-order chi connectivity index (χ1) is 12.4. The summed E-state index contributed by atoms with van der Waals surface area (Å²) in [7, 11) is -3.82. The van der Waals surface area contributed by atoms with Crippen LogP contribution in [-0.4, -0.2) is 14.2 Å². The zero-order chi connectivity index (χ0) is 18.7. The number of sulfonamides is 1. The average molecular weight is 390 g/mol. The van der Waals surface area contributed by atoms with Crippen LogP contribution in [0.5, 0.6) is 0 Å². The monoisotopic (exact) mass is 389 g/mol. The Hall–Kier alpha value is -1.95. The van der Waals surface area contributed by atoms with Crippen molar-refractivity contribution in [3.05, 3.63) is 76.3 Å². The molecule has 1 N–H and O–H groups in total. The minimum absolute atomic E-state index is 0.0484. The Morgan fingerprint density at radius 3 is 2.42 bits per heavy atom. The van der Waals surface area contributed by atoms with Gasteiger partial charge in [-0.2, -0.15) is 4.72 Å². The molecule has 0 amide bonds. The number of rotatable bonds is 5. The third-order valence-electron chi connectivity index (χ3n) is 4.43. The number of carbonyl (C=O) groups excluding carboxylic acids is 1. The molecule has 0 aromatic heterocycles. The van der Waals surface area contributed by atoms with E-state index in [0.717, 1.165) is 18.4 Å². The van der Waals surface area contributed by atoms with E-state index in [2.05, 4.69) is 4.72 Å². The van der Waals surface area contributed by atoms with Crippen LogP contribution in [0.4, 0.5) is 0 Å². The molecule has 1 aliphatic rings. The second-order valence-corrected chi connectivity index (χ2v) is 8.48. The van der Waals surface area contributed by atoms with Crippen molar-refractivity contribution >= 4 is 27.4 Å². The number of allylic oxidation sites excluding steroid dienone is 1. The fourth-order valence-electron chi connectivity index (χ4n) is 3.00. The van der Waals surface area contributed by atoms with Crippen LogP contribution in [-0.2, 0) is 14.8 Å². The van der Waals surface area contributed by atoms with Gasteiger partial charge >= 0.3 is 0 Å². The first-order valence-electron chi connectivity index (χ1n) is 8.45. The largest absolute Gasteiger partial charge is 0.294 e. The van der Waals surface area contributed by atoms with Gasteiger partial charge in [-0.1, -0.05) is 53.6 Å². The standard InChI is InChI=1S/C20H20ClNO3S/c1-14-10-12-15(13-11-14)26(24,25)22-20(16-6-2-4-8-18(16)21)17-7-3-5-9-19(17)23/h2,4,6-8,10-13,20,22H,3,5,9H2,1H3. The number of aryl methyl sites for hydroxylation is 1. The maximum atomic E-state index is 12.9. The van der Waals surface area contributed by atoms with Crippen molar-refractivity contribution in [2.24, 2.45) is 0 Å². The first kappa shape index (κ1) is 18.8. The van der Waals surface area contributed by atoms with Gasteiger partial charge in [0, 0.05) is 17.0 Å². The van der Waals surface area contributed by atoms with E-state index in [4.69, 9.17) is 11.6 Å². The van der Waals surface area contributed by atoms with Gasteiger partial charge in [0.05, 0.1) is 10.9 Å². The normalized spacial score (nSPS) is 16.2. The fourth-order valence-corrected chi connectivity index (χ4v) is 4.44. The van der Waals surface area contributed by atoms with E-state index in [1.807, 2.05) is 13.0 Å². The molecule has 2 aromatic rings. The maximum absolute atomic E-state index is 12.9. The van der Waals surface area contributed by atoms with Gasteiger partial charge < -0.3 is 0 Å². The van der Waals surface area contributed by atoms with Gasteiger partial charge in [-0.3, -0.25) is 4.79 Å². The summed E-state index contributed by atoms with van der Waals surface area (Å²) < 4.78 is 28.5. The van der Waals surface area contributed by atoms with Crippen molar-refractivity contribution in [3.63, 3.8) is 0 Å². The lowest BCUT2D eigenvalue weighted by atomic mass is 9.89. The Morgan fingerprint density at radius 1 is 1.08 bits per heavy atom. The van der Waals surface area contributed by atoms with Gasteiger partial charge in [0.15, 0.2) is 5.78 Å². The van der Waals surface area contributed by atoms with E-state index < -0.39 is 16.1 Å². The minimum atomic E-state index is -3.82. The summed E-state index contributed by atoms with van der Waals surface area (Å²) in [6.45, 7) is 1.89. The molecule has 0 bridgehead atoms. The van der Waals surface area contributed by atoms with Crippen molar-refractivity contribution < 1.29 is 13.2 Å². The molecule has 2 aromatic carbocycles. The third-order valence-corrected chi connectivity index (χ3v) is 6.21. The smallest absolute Gasteiger partial charge is 0.241 e. The van der Waals surface area contributed by atoms with Crippen molar-refractivity contribution in [3.8, 4) is 0 Å². The molecular formula is C20H20ClNO3S. The highest BCUT2D eigenvalue weighted by atomic mass is 35.5. The van der Waals surface area contributed by atoms with E-state index in [1.165, 1.54) is 0 Å². The molecule has 3 rings (SSSR count). The molecule has 0 radical (unpaired) electrons. The molecule has 1 atom stereocenters. The minimum Gasteiger partial charge on any atom is -0.294 e. The molecule has 26 heavy (non-hydrogen) atoms. The number of benzene rings is 2. The van der Waals surface area contributed by atoms with Gasteiger partial charge in [-0.25, -0.2) is 8.42 Å². The SMILES string of the molecule is Cc1ccc(S(=O)(=O)NC(C2=CCCCC2=O)c2ccccc2Cl)cc1. The second kappa shape index (κ2) is 7.74. The molecule has 0 saturated heterocycles. The van der Waals surface area contributed by atoms with Gasteiger partial charge in [0.2, 0.25) is 10.0 Å². The molecule has 0 aliphatic heterocycles. The van der Waals surface area contributed by atoms with Gasteiger partial charge in [0.25, 0.3) is 0 Å². The zero-order valence-electron chi connectivity index (χ0n) is 14.4. The summed E-state index contributed by atoms with van der Waals surface area (Å²) in [6, 6.07) is 12.8. The predicted octanol–water partition coefficient (Wildman–Crippen LogP) is 4.35. The lowest BCUT2D eigenvalue weighted by Crippen LogP contribution is -2.33. The average Bonchev–Trinajstić information content (AvgIpc) is 2.61. The summed E-state index contributed by atoms with van der Waals surface area (Å²) >= 11 is 6.31. The number of hydrogen-bond donors (Lipinski definition) is 1. The fraction of sp³-hybridized carbons (Fsp3) is 0.250. The number of nitrogens with one attached hydrogen (secondary N) is 1. The van der Waals surface area contributed by atoms with E-state index >= 15 is 0 Å². The topological polar surface area (TPSA) is 63.2 Å². The first-order valence-corrected chi connectivity index (χ1v) is 10.3. The van der Waals surface area contributed by atoms with Crippen molar-refractivity contribution in [1.29, 1.82) is 0 Å². The van der Waals surface area contributed by atoms with Crippen LogP contribution in [0.25, 0.3) is 0 Å². The predicted molar refractivity (Wildman–Crippen MR) is 103 cm³/mol. The van der Waals surface area contributed by atoms with Crippen molar-refractivity contribution in [1.82, 2.24) is 4.72 Å². The van der Waals surface area contributed by atoms with Gasteiger partial charge in [-0.05, 0) is 43.5 Å². The number of carbonyl (C=O) groups is 1. The maximum Gasteiger partial charge on any atom is 0.241 e. The van der Waals surface area contributed by atoms with E-state index in [0.29, 0.717) is 22.6 Å². The molecule has 136 valence electrons. The van der Waals surface area contributed by atoms with E-state index in [1.54, 1.807) is 48.5 Å². The zero-order valence-corrected chi connectivity index (χ0v) is 16.0. The Bertz CT molecular complexity index is 949. The molecule has 0 saturated carbocycles. The lowest BCUT2D eigenvalue weighted by molar-refractivity contribution is -0.116. The molecule has 6 heteroatoms. The van der Waals surface area contributed by atoms with Crippen LogP contribution < -0.4 is 4.72 Å². The van der Waals surface area contributed by atoms with E-state index in [9.17, 15) is 13.2 Å². The summed E-state index contributed by atoms with van der Waals surface area (Å²) in [5, 5.41) is 0.420. The molecule has 4 nitrogen and oxygen atoms in total. The highest BCUT2D eigenvalue weighted by Crippen LogP contribution is 2.33. The number of hydrogen-bond acceptors (Lipinski definition) is 3. The van der Waals surface area contributed by atoms with Crippen molar-refractivity contribution in [2.45, 2.75) is 37.1 Å².